The largest absolute Gasteiger partial charge is 0.454 e. The molecule has 0 aliphatic carbocycles. The van der Waals surface area contributed by atoms with E-state index in [9.17, 15) is 26.4 Å². The lowest BCUT2D eigenvalue weighted by Gasteiger charge is -2.06. The molecule has 0 saturated heterocycles. The van der Waals surface area contributed by atoms with Crippen LogP contribution in [-0.4, -0.2) is 26.6 Å². The number of rotatable bonds is 3. The van der Waals surface area contributed by atoms with Crippen LogP contribution in [0, 0.1) is 0 Å². The molecular formula is C11H9F3O3S. The molecule has 1 rings (SSSR count). The fraction of sp³-hybridized carbons (Fsp3) is 0.182. The molecule has 0 spiro atoms. The van der Waals surface area contributed by atoms with E-state index in [2.05, 4.69) is 0 Å². The highest BCUT2D eigenvalue weighted by molar-refractivity contribution is 8.00. The summed E-state index contributed by atoms with van der Waals surface area (Å²) in [4.78, 5) is 10.2. The van der Waals surface area contributed by atoms with Gasteiger partial charge in [0, 0.05) is 12.3 Å². The number of carbonyl (C=O) groups excluding carboxylic acids is 1. The highest BCUT2D eigenvalue weighted by atomic mass is 32.2. The van der Waals surface area contributed by atoms with Crippen molar-refractivity contribution in [1.29, 1.82) is 0 Å². The molecule has 0 aliphatic heterocycles. The Balaban J connectivity index is 3.35. The third-order valence-corrected chi connectivity index (χ3v) is 3.15. The van der Waals surface area contributed by atoms with E-state index in [4.69, 9.17) is 0 Å². The summed E-state index contributed by atoms with van der Waals surface area (Å²) in [5.41, 5.74) is 0.0394. The van der Waals surface area contributed by atoms with E-state index in [0.29, 0.717) is 0 Å². The monoisotopic (exact) mass is 278 g/mol. The van der Waals surface area contributed by atoms with Crippen LogP contribution >= 0.6 is 0 Å². The first-order chi connectivity index (χ1) is 8.12. The lowest BCUT2D eigenvalue weighted by atomic mass is 10.2. The Hall–Kier alpha value is -1.63. The molecule has 0 amide bonds. The number of allylic oxidation sites excluding steroid dienone is 1. The average molecular weight is 278 g/mol. The van der Waals surface area contributed by atoms with Gasteiger partial charge in [-0.3, -0.25) is 4.79 Å². The van der Waals surface area contributed by atoms with Gasteiger partial charge in [-0.15, -0.1) is 0 Å². The predicted octanol–water partition coefficient (Wildman–Crippen LogP) is 2.20. The highest BCUT2D eigenvalue weighted by Crippen LogP contribution is 2.24. The van der Waals surface area contributed by atoms with Crippen LogP contribution < -0.4 is 0 Å². The first kappa shape index (κ1) is 14.4. The van der Waals surface area contributed by atoms with Crippen LogP contribution in [0.4, 0.5) is 13.2 Å². The van der Waals surface area contributed by atoms with Crippen molar-refractivity contribution >= 4 is 20.5 Å². The van der Waals surface area contributed by atoms with E-state index in [1.165, 1.54) is 24.3 Å². The Bertz CT molecular complexity index is 571. The molecule has 1 aromatic rings. The van der Waals surface area contributed by atoms with Gasteiger partial charge in [-0.1, -0.05) is 30.3 Å². The van der Waals surface area contributed by atoms with Crippen LogP contribution in [0.25, 0.3) is 4.91 Å². The van der Waals surface area contributed by atoms with Gasteiger partial charge >= 0.3 is 6.18 Å². The number of benzene rings is 1. The van der Waals surface area contributed by atoms with E-state index in [0.717, 1.165) is 6.26 Å². The molecule has 0 heterocycles. The van der Waals surface area contributed by atoms with E-state index in [1.807, 2.05) is 0 Å². The highest BCUT2D eigenvalue weighted by Gasteiger charge is 2.37. The number of hydrogen-bond acceptors (Lipinski definition) is 3. The van der Waals surface area contributed by atoms with Crippen LogP contribution in [0.5, 0.6) is 0 Å². The molecule has 18 heavy (non-hydrogen) atoms. The fourth-order valence-electron chi connectivity index (χ4n) is 1.21. The summed E-state index contributed by atoms with van der Waals surface area (Å²) in [7, 11) is -3.93. The van der Waals surface area contributed by atoms with Crippen LogP contribution in [0.3, 0.4) is 0 Å². The van der Waals surface area contributed by atoms with Gasteiger partial charge in [-0.25, -0.2) is 8.42 Å². The molecule has 0 saturated carbocycles. The van der Waals surface area contributed by atoms with Crippen molar-refractivity contribution in [2.24, 2.45) is 0 Å². The van der Waals surface area contributed by atoms with Gasteiger partial charge in [0.2, 0.25) is 0 Å². The number of hydrogen-bond donors (Lipinski definition) is 0. The van der Waals surface area contributed by atoms with Gasteiger partial charge < -0.3 is 0 Å². The summed E-state index contributed by atoms with van der Waals surface area (Å²) in [5.74, 6) is -2.20. The van der Waals surface area contributed by atoms with E-state index < -0.39 is 26.7 Å². The third-order valence-electron chi connectivity index (χ3n) is 2.00. The smallest absolute Gasteiger partial charge is 0.285 e. The number of alkyl halides is 3. The molecule has 0 aromatic heterocycles. The first-order valence-corrected chi connectivity index (χ1v) is 6.60. The predicted molar refractivity (Wildman–Crippen MR) is 60.3 cm³/mol. The SMILES string of the molecule is CS(=O)(=O)/C(=C\C(=O)C(F)(F)F)c1ccccc1. The standard InChI is InChI=1S/C11H9F3O3S/c1-18(16,17)9(7-10(15)11(12,13)14)8-5-3-2-4-6-8/h2-7H,1H3/b9-7-. The lowest BCUT2D eigenvalue weighted by molar-refractivity contribution is -0.165. The summed E-state index contributed by atoms with van der Waals surface area (Å²) >= 11 is 0. The zero-order valence-corrected chi connectivity index (χ0v) is 10.0. The van der Waals surface area contributed by atoms with Crippen molar-refractivity contribution in [3.05, 3.63) is 42.0 Å². The molecule has 0 N–H and O–H groups in total. The van der Waals surface area contributed by atoms with Gasteiger partial charge in [0.05, 0.1) is 4.91 Å². The minimum absolute atomic E-state index is 0.0394. The summed E-state index contributed by atoms with van der Waals surface area (Å²) in [6.45, 7) is 0. The van der Waals surface area contributed by atoms with E-state index >= 15 is 0 Å². The summed E-state index contributed by atoms with van der Waals surface area (Å²) in [5, 5.41) is 0. The van der Waals surface area contributed by atoms with Gasteiger partial charge in [0.25, 0.3) is 5.78 Å². The zero-order chi connectivity index (χ0) is 14.0. The molecule has 0 fully saturated rings. The number of halogens is 3. The second-order valence-electron chi connectivity index (χ2n) is 3.51. The fourth-order valence-corrected chi connectivity index (χ4v) is 2.09. The second kappa shape index (κ2) is 4.93. The number of sulfone groups is 1. The molecule has 0 bridgehead atoms. The van der Waals surface area contributed by atoms with Crippen molar-refractivity contribution < 1.29 is 26.4 Å². The maximum atomic E-state index is 12.1. The number of ketones is 1. The van der Waals surface area contributed by atoms with Crippen molar-refractivity contribution in [2.45, 2.75) is 6.18 Å². The summed E-state index contributed by atoms with van der Waals surface area (Å²) in [6.07, 6.45) is -4.25. The Morgan fingerprint density at radius 1 is 1.17 bits per heavy atom. The lowest BCUT2D eigenvalue weighted by Crippen LogP contribution is -2.21. The Labute approximate surface area is 102 Å². The quantitative estimate of drug-likeness (QED) is 0.796. The van der Waals surface area contributed by atoms with Crippen LogP contribution in [0.2, 0.25) is 0 Å². The van der Waals surface area contributed by atoms with Gasteiger partial charge in [-0.2, -0.15) is 13.2 Å². The normalized spacial score (nSPS) is 13.4. The molecule has 0 atom stereocenters. The Kier molecular flexibility index (Phi) is 3.95. The molecular weight excluding hydrogens is 269 g/mol. The molecule has 0 radical (unpaired) electrons. The molecule has 1 aromatic carbocycles. The zero-order valence-electron chi connectivity index (χ0n) is 9.23. The molecule has 98 valence electrons. The van der Waals surface area contributed by atoms with E-state index in [-0.39, 0.29) is 11.6 Å². The minimum Gasteiger partial charge on any atom is -0.285 e. The number of carbonyl (C=O) groups is 1. The van der Waals surface area contributed by atoms with Crippen molar-refractivity contribution in [3.8, 4) is 0 Å². The van der Waals surface area contributed by atoms with Crippen molar-refractivity contribution in [1.82, 2.24) is 0 Å². The minimum atomic E-state index is -5.09. The van der Waals surface area contributed by atoms with Crippen molar-refractivity contribution in [3.63, 3.8) is 0 Å². The Morgan fingerprint density at radius 3 is 2.06 bits per heavy atom. The van der Waals surface area contributed by atoms with Crippen LogP contribution in [0.1, 0.15) is 5.56 Å². The van der Waals surface area contributed by atoms with Crippen molar-refractivity contribution in [2.75, 3.05) is 6.26 Å². The summed E-state index contributed by atoms with van der Waals surface area (Å²) < 4.78 is 59.2. The van der Waals surface area contributed by atoms with Crippen LogP contribution in [0.15, 0.2) is 36.4 Å². The molecule has 0 unspecified atom stereocenters. The second-order valence-corrected chi connectivity index (χ2v) is 5.49. The topological polar surface area (TPSA) is 51.2 Å². The third kappa shape index (κ3) is 3.69. The van der Waals surface area contributed by atoms with Gasteiger partial charge in [-0.05, 0) is 5.56 Å². The van der Waals surface area contributed by atoms with Gasteiger partial charge in [0.1, 0.15) is 0 Å². The van der Waals surface area contributed by atoms with E-state index in [1.54, 1.807) is 6.07 Å². The average Bonchev–Trinajstić information content (AvgIpc) is 2.23. The molecule has 7 heteroatoms. The van der Waals surface area contributed by atoms with Crippen LogP contribution in [-0.2, 0) is 14.6 Å². The maximum Gasteiger partial charge on any atom is 0.454 e. The van der Waals surface area contributed by atoms with Gasteiger partial charge in [0.15, 0.2) is 9.84 Å². The molecule has 0 aliphatic rings. The first-order valence-electron chi connectivity index (χ1n) is 4.70. The molecule has 3 nitrogen and oxygen atoms in total. The summed E-state index contributed by atoms with van der Waals surface area (Å²) in [6, 6.07) is 7.14. The Morgan fingerprint density at radius 2 is 1.67 bits per heavy atom. The maximum absolute atomic E-state index is 12.1.